The van der Waals surface area contributed by atoms with E-state index in [1.54, 1.807) is 43.3 Å². The van der Waals surface area contributed by atoms with E-state index in [1.165, 1.54) is 11.8 Å². The zero-order valence-corrected chi connectivity index (χ0v) is 24.0. The van der Waals surface area contributed by atoms with Crippen LogP contribution in [0.15, 0.2) is 48.0 Å². The van der Waals surface area contributed by atoms with Crippen molar-refractivity contribution < 1.29 is 29.0 Å². The van der Waals surface area contributed by atoms with Gasteiger partial charge >= 0.3 is 5.91 Å². The summed E-state index contributed by atoms with van der Waals surface area (Å²) < 4.78 is 11.8. The summed E-state index contributed by atoms with van der Waals surface area (Å²) in [5.41, 5.74) is 2.35. The van der Waals surface area contributed by atoms with Crippen LogP contribution in [0.5, 0.6) is 11.5 Å². The lowest BCUT2D eigenvalue weighted by Crippen LogP contribution is -2.29. The summed E-state index contributed by atoms with van der Waals surface area (Å²) >= 11 is 1.06. The van der Waals surface area contributed by atoms with Crippen LogP contribution in [0.3, 0.4) is 0 Å². The second-order valence-corrected chi connectivity index (χ2v) is 11.7. The second kappa shape index (κ2) is 10.9. The number of anilines is 1. The van der Waals surface area contributed by atoms with Gasteiger partial charge in [0.1, 0.15) is 23.4 Å². The Bertz CT molecular complexity index is 1540. The van der Waals surface area contributed by atoms with Crippen molar-refractivity contribution in [2.45, 2.75) is 59.6 Å². The predicted molar refractivity (Wildman–Crippen MR) is 153 cm³/mol. The molecule has 2 aromatic carbocycles. The van der Waals surface area contributed by atoms with Crippen molar-refractivity contribution in [2.24, 2.45) is 5.92 Å². The standard InChI is InChI=1S/C31H32N2O6S/c1-16(2)11-12-38-23-8-6-7-20(15-23)26-25(27(35)21-9-10-24-22(14-21)13-17(3)39-24)28(36)30(37)33(26)31-32-18(4)29(40-31)19(5)34/h6-10,14-17,26,35H,11-13H2,1-5H3/b27-25-. The van der Waals surface area contributed by atoms with Crippen molar-refractivity contribution in [3.63, 3.8) is 0 Å². The van der Waals surface area contributed by atoms with Gasteiger partial charge < -0.3 is 14.6 Å². The number of carbonyl (C=O) groups excluding carboxylic acids is 3. The van der Waals surface area contributed by atoms with Crippen LogP contribution in [0.2, 0.25) is 0 Å². The minimum Gasteiger partial charge on any atom is -0.507 e. The van der Waals surface area contributed by atoms with Crippen molar-refractivity contribution in [3.05, 3.63) is 75.3 Å². The van der Waals surface area contributed by atoms with Gasteiger partial charge in [-0.05, 0) is 67.6 Å². The van der Waals surface area contributed by atoms with Gasteiger partial charge in [-0.1, -0.05) is 37.3 Å². The number of aryl methyl sites for hydroxylation is 1. The van der Waals surface area contributed by atoms with Crippen molar-refractivity contribution in [3.8, 4) is 11.5 Å². The maximum Gasteiger partial charge on any atom is 0.301 e. The third-order valence-electron chi connectivity index (χ3n) is 7.06. The van der Waals surface area contributed by atoms with Gasteiger partial charge in [0.2, 0.25) is 0 Å². The van der Waals surface area contributed by atoms with Gasteiger partial charge in [-0.25, -0.2) is 4.98 Å². The van der Waals surface area contributed by atoms with E-state index in [0.717, 1.165) is 29.1 Å². The molecule has 1 N–H and O–H groups in total. The minimum absolute atomic E-state index is 0.0139. The summed E-state index contributed by atoms with van der Waals surface area (Å²) in [5.74, 6) is -0.298. The monoisotopic (exact) mass is 560 g/mol. The second-order valence-electron chi connectivity index (χ2n) is 10.7. The Morgan fingerprint density at radius 2 is 2.00 bits per heavy atom. The molecule has 5 rings (SSSR count). The summed E-state index contributed by atoms with van der Waals surface area (Å²) in [6, 6.07) is 11.5. The first-order valence-corrected chi connectivity index (χ1v) is 14.2. The number of nitrogens with zero attached hydrogens (tertiary/aromatic N) is 2. The van der Waals surface area contributed by atoms with E-state index in [2.05, 4.69) is 18.8 Å². The number of ether oxygens (including phenoxy) is 2. The van der Waals surface area contributed by atoms with Crippen LogP contribution in [0, 0.1) is 12.8 Å². The molecular weight excluding hydrogens is 528 g/mol. The summed E-state index contributed by atoms with van der Waals surface area (Å²) in [7, 11) is 0. The number of carbonyl (C=O) groups is 3. The highest BCUT2D eigenvalue weighted by atomic mass is 32.1. The highest BCUT2D eigenvalue weighted by molar-refractivity contribution is 7.18. The normalized spacial score (nSPS) is 19.7. The van der Waals surface area contributed by atoms with Crippen LogP contribution in [0.25, 0.3) is 5.76 Å². The van der Waals surface area contributed by atoms with Gasteiger partial charge in [0.25, 0.3) is 5.78 Å². The molecule has 1 amide bonds. The molecule has 0 aliphatic carbocycles. The zero-order valence-electron chi connectivity index (χ0n) is 23.2. The molecule has 0 saturated carbocycles. The molecule has 208 valence electrons. The number of aromatic nitrogens is 1. The SMILES string of the molecule is CC(=O)c1sc(N2C(=O)C(=O)/C(=C(\O)c3ccc4c(c3)CC(C)O4)C2c2cccc(OCCC(C)C)c2)nc1C. The lowest BCUT2D eigenvalue weighted by Gasteiger charge is -2.23. The first-order chi connectivity index (χ1) is 19.0. The summed E-state index contributed by atoms with van der Waals surface area (Å²) in [4.78, 5) is 45.5. The smallest absolute Gasteiger partial charge is 0.301 e. The summed E-state index contributed by atoms with van der Waals surface area (Å²) in [5, 5.41) is 11.8. The van der Waals surface area contributed by atoms with Gasteiger partial charge in [0.05, 0.1) is 28.8 Å². The van der Waals surface area contributed by atoms with E-state index in [0.29, 0.717) is 46.4 Å². The molecule has 9 heteroatoms. The zero-order chi connectivity index (χ0) is 28.7. The molecule has 0 bridgehead atoms. The van der Waals surface area contributed by atoms with Crippen LogP contribution in [-0.2, 0) is 16.0 Å². The van der Waals surface area contributed by atoms with Gasteiger partial charge in [-0.3, -0.25) is 19.3 Å². The number of aliphatic hydroxyl groups excluding tert-OH is 1. The van der Waals surface area contributed by atoms with E-state index in [4.69, 9.17) is 9.47 Å². The Balaban J connectivity index is 1.64. The number of rotatable bonds is 8. The van der Waals surface area contributed by atoms with E-state index in [9.17, 15) is 19.5 Å². The Labute approximate surface area is 237 Å². The van der Waals surface area contributed by atoms with Crippen LogP contribution in [0.4, 0.5) is 5.13 Å². The number of benzene rings is 2. The molecule has 2 atom stereocenters. The molecule has 3 heterocycles. The average molecular weight is 561 g/mol. The molecule has 0 spiro atoms. The highest BCUT2D eigenvalue weighted by Crippen LogP contribution is 2.45. The fourth-order valence-electron chi connectivity index (χ4n) is 5.07. The Morgan fingerprint density at radius 1 is 1.23 bits per heavy atom. The molecule has 0 radical (unpaired) electrons. The van der Waals surface area contributed by atoms with Crippen molar-refractivity contribution in [1.82, 2.24) is 4.98 Å². The molecule has 2 aliphatic rings. The lowest BCUT2D eigenvalue weighted by molar-refractivity contribution is -0.132. The lowest BCUT2D eigenvalue weighted by atomic mass is 9.94. The Kier molecular flexibility index (Phi) is 7.51. The third-order valence-corrected chi connectivity index (χ3v) is 8.32. The van der Waals surface area contributed by atoms with Crippen LogP contribution in [0.1, 0.15) is 72.2 Å². The maximum absolute atomic E-state index is 13.6. The third kappa shape index (κ3) is 5.13. The number of ketones is 2. The van der Waals surface area contributed by atoms with E-state index >= 15 is 0 Å². The van der Waals surface area contributed by atoms with Gasteiger partial charge in [0, 0.05) is 18.9 Å². The number of thiazole rings is 1. The largest absolute Gasteiger partial charge is 0.507 e. The molecule has 3 aromatic rings. The molecule has 2 aliphatic heterocycles. The van der Waals surface area contributed by atoms with Crippen LogP contribution in [-0.4, -0.2) is 40.3 Å². The molecule has 8 nitrogen and oxygen atoms in total. The number of hydrogen-bond acceptors (Lipinski definition) is 8. The number of fused-ring (bicyclic) bond motifs is 1. The fraction of sp³-hybridized carbons (Fsp3) is 0.355. The quantitative estimate of drug-likeness (QED) is 0.155. The number of Topliss-reactive ketones (excluding diaryl/α,β-unsaturated/α-hetero) is 2. The van der Waals surface area contributed by atoms with Gasteiger partial charge in [-0.15, -0.1) is 0 Å². The predicted octanol–water partition coefficient (Wildman–Crippen LogP) is 6.03. The number of aliphatic hydroxyl groups is 1. The number of amides is 1. The highest BCUT2D eigenvalue weighted by Gasteiger charge is 2.48. The Hall–Kier alpha value is -3.98. The maximum atomic E-state index is 13.6. The molecular formula is C31H32N2O6S. The molecule has 40 heavy (non-hydrogen) atoms. The number of hydrogen-bond donors (Lipinski definition) is 1. The molecule has 1 saturated heterocycles. The fourth-order valence-corrected chi connectivity index (χ4v) is 6.06. The van der Waals surface area contributed by atoms with Crippen LogP contribution < -0.4 is 14.4 Å². The van der Waals surface area contributed by atoms with Crippen molar-refractivity contribution in [2.75, 3.05) is 11.5 Å². The molecule has 1 fully saturated rings. The van der Waals surface area contributed by atoms with E-state index in [1.807, 2.05) is 13.0 Å². The van der Waals surface area contributed by atoms with Gasteiger partial charge in [-0.2, -0.15) is 0 Å². The molecule has 2 unspecified atom stereocenters. The van der Waals surface area contributed by atoms with E-state index in [-0.39, 0.29) is 28.4 Å². The average Bonchev–Trinajstić information content (AvgIpc) is 3.55. The minimum atomic E-state index is -0.970. The van der Waals surface area contributed by atoms with Crippen molar-refractivity contribution >= 4 is 39.7 Å². The summed E-state index contributed by atoms with van der Waals surface area (Å²) in [6.07, 6.45) is 1.56. The first kappa shape index (κ1) is 27.6. The summed E-state index contributed by atoms with van der Waals surface area (Å²) in [6.45, 7) is 9.84. The van der Waals surface area contributed by atoms with Gasteiger partial charge in [0.15, 0.2) is 10.9 Å². The van der Waals surface area contributed by atoms with E-state index < -0.39 is 17.7 Å². The topological polar surface area (TPSA) is 106 Å². The van der Waals surface area contributed by atoms with Crippen molar-refractivity contribution in [1.29, 1.82) is 0 Å². The Morgan fingerprint density at radius 3 is 2.70 bits per heavy atom. The molecule has 1 aromatic heterocycles. The van der Waals surface area contributed by atoms with Crippen LogP contribution >= 0.6 is 11.3 Å². The first-order valence-electron chi connectivity index (χ1n) is 13.4.